The van der Waals surface area contributed by atoms with E-state index in [2.05, 4.69) is 30.4 Å². The van der Waals surface area contributed by atoms with Gasteiger partial charge in [-0.05, 0) is 43.9 Å². The predicted molar refractivity (Wildman–Crippen MR) is 114 cm³/mol. The topological polar surface area (TPSA) is 139 Å². The van der Waals surface area contributed by atoms with Crippen molar-refractivity contribution in [3.63, 3.8) is 0 Å². The Bertz CT molecular complexity index is 1130. The van der Waals surface area contributed by atoms with Crippen molar-refractivity contribution in [3.8, 4) is 0 Å². The maximum Gasteiger partial charge on any atom is 0.358 e. The number of primary amides is 1. The van der Waals surface area contributed by atoms with E-state index in [0.717, 1.165) is 42.6 Å². The van der Waals surface area contributed by atoms with Gasteiger partial charge in [-0.2, -0.15) is 0 Å². The highest BCUT2D eigenvalue weighted by molar-refractivity contribution is 6.06. The van der Waals surface area contributed by atoms with Gasteiger partial charge < -0.3 is 25.7 Å². The molecule has 2 bridgehead atoms. The van der Waals surface area contributed by atoms with Crippen molar-refractivity contribution < 1.29 is 14.3 Å². The minimum Gasteiger partial charge on any atom is -0.464 e. The van der Waals surface area contributed by atoms with E-state index in [1.165, 1.54) is 13.3 Å². The number of anilines is 2. The standard InChI is InChI=1S/C21H23N7O3/c1-31-21(30)16-4-5-17(27-26-16)28-12-2-3-13(28)9-11(8-12)25-18-14-6-7-23-20(14)24-10-15(18)19(22)29/h4-7,10-13H,2-3,8-9H2,1H3,(H2,22,29)(H2,23,24,25)/t11-,12-,13+. The van der Waals surface area contributed by atoms with Gasteiger partial charge in [0.2, 0.25) is 0 Å². The van der Waals surface area contributed by atoms with Crippen LogP contribution in [0.2, 0.25) is 0 Å². The number of rotatable bonds is 5. The first-order valence-electron chi connectivity index (χ1n) is 10.3. The van der Waals surface area contributed by atoms with E-state index in [4.69, 9.17) is 10.5 Å². The van der Waals surface area contributed by atoms with Crippen LogP contribution < -0.4 is 16.0 Å². The van der Waals surface area contributed by atoms with E-state index in [9.17, 15) is 9.59 Å². The summed E-state index contributed by atoms with van der Waals surface area (Å²) in [5.74, 6) is -0.226. The second kappa shape index (κ2) is 7.53. The molecular formula is C21H23N7O3. The Morgan fingerprint density at radius 1 is 1.19 bits per heavy atom. The average molecular weight is 421 g/mol. The van der Waals surface area contributed by atoms with Gasteiger partial charge in [0.05, 0.1) is 18.4 Å². The maximum absolute atomic E-state index is 12.0. The number of carbonyl (C=O) groups is 2. The van der Waals surface area contributed by atoms with Gasteiger partial charge in [0, 0.05) is 35.9 Å². The monoisotopic (exact) mass is 421 g/mol. The van der Waals surface area contributed by atoms with Crippen LogP contribution in [0.5, 0.6) is 0 Å². The van der Waals surface area contributed by atoms with Crippen molar-refractivity contribution in [2.45, 2.75) is 43.8 Å². The normalized spacial score (nSPS) is 22.5. The number of nitrogens with two attached hydrogens (primary N) is 1. The zero-order valence-corrected chi connectivity index (χ0v) is 17.0. The molecule has 0 aromatic carbocycles. The minimum atomic E-state index is -0.500. The predicted octanol–water partition coefficient (Wildman–Crippen LogP) is 1.85. The van der Waals surface area contributed by atoms with Gasteiger partial charge >= 0.3 is 5.97 Å². The molecule has 5 rings (SSSR count). The third-order valence-corrected chi connectivity index (χ3v) is 6.24. The number of aromatic nitrogens is 4. The van der Waals surface area contributed by atoms with Crippen LogP contribution in [-0.2, 0) is 4.74 Å². The van der Waals surface area contributed by atoms with Crippen molar-refractivity contribution in [3.05, 3.63) is 41.9 Å². The van der Waals surface area contributed by atoms with Crippen LogP contribution in [0.15, 0.2) is 30.6 Å². The molecule has 3 aromatic rings. The largest absolute Gasteiger partial charge is 0.464 e. The first-order chi connectivity index (χ1) is 15.0. The third-order valence-electron chi connectivity index (χ3n) is 6.24. The summed E-state index contributed by atoms with van der Waals surface area (Å²) in [7, 11) is 1.32. The van der Waals surface area contributed by atoms with Crippen LogP contribution in [-0.4, -0.2) is 57.3 Å². The molecule has 2 fully saturated rings. The maximum atomic E-state index is 12.0. The molecule has 10 nitrogen and oxygen atoms in total. The smallest absolute Gasteiger partial charge is 0.358 e. The average Bonchev–Trinajstić information content (AvgIpc) is 3.36. The molecule has 3 aromatic heterocycles. The summed E-state index contributed by atoms with van der Waals surface area (Å²) in [6, 6.07) is 6.17. The Morgan fingerprint density at radius 2 is 1.97 bits per heavy atom. The number of ether oxygens (including phenoxy) is 1. The van der Waals surface area contributed by atoms with Gasteiger partial charge in [-0.25, -0.2) is 9.78 Å². The summed E-state index contributed by atoms with van der Waals surface area (Å²) in [6.07, 6.45) is 7.22. The molecule has 0 radical (unpaired) electrons. The Labute approximate surface area is 178 Å². The summed E-state index contributed by atoms with van der Waals surface area (Å²) in [5, 5.41) is 12.7. The zero-order valence-electron chi connectivity index (χ0n) is 17.0. The first-order valence-corrected chi connectivity index (χ1v) is 10.3. The van der Waals surface area contributed by atoms with E-state index in [-0.39, 0.29) is 11.7 Å². The second-order valence-corrected chi connectivity index (χ2v) is 8.02. The number of esters is 1. The number of methoxy groups -OCH3 is 1. The molecule has 10 heteroatoms. The number of piperidine rings is 1. The number of pyridine rings is 1. The number of fused-ring (bicyclic) bond motifs is 3. The molecule has 0 aliphatic carbocycles. The Kier molecular flexibility index (Phi) is 4.68. The van der Waals surface area contributed by atoms with Crippen molar-refractivity contribution in [2.24, 2.45) is 5.73 Å². The van der Waals surface area contributed by atoms with Gasteiger partial charge in [-0.1, -0.05) is 0 Å². The Balaban J connectivity index is 1.37. The Hall–Kier alpha value is -3.69. The van der Waals surface area contributed by atoms with Crippen molar-refractivity contribution >= 4 is 34.4 Å². The number of H-pyrrole nitrogens is 1. The van der Waals surface area contributed by atoms with Gasteiger partial charge in [-0.15, -0.1) is 10.2 Å². The summed E-state index contributed by atoms with van der Waals surface area (Å²) in [4.78, 5) is 33.3. The lowest BCUT2D eigenvalue weighted by Gasteiger charge is -2.40. The number of amides is 1. The number of hydrogen-bond acceptors (Lipinski definition) is 8. The molecule has 0 saturated carbocycles. The molecule has 2 saturated heterocycles. The second-order valence-electron chi connectivity index (χ2n) is 8.02. The molecule has 4 N–H and O–H groups in total. The lowest BCUT2D eigenvalue weighted by Crippen LogP contribution is -2.47. The van der Waals surface area contributed by atoms with Gasteiger partial charge in [-0.3, -0.25) is 4.79 Å². The summed E-state index contributed by atoms with van der Waals surface area (Å²) < 4.78 is 4.70. The van der Waals surface area contributed by atoms with Crippen LogP contribution in [0.1, 0.15) is 46.5 Å². The molecule has 160 valence electrons. The van der Waals surface area contributed by atoms with Crippen LogP contribution in [0, 0.1) is 0 Å². The minimum absolute atomic E-state index is 0.189. The summed E-state index contributed by atoms with van der Waals surface area (Å²) >= 11 is 0. The highest BCUT2D eigenvalue weighted by atomic mass is 16.5. The lowest BCUT2D eigenvalue weighted by atomic mass is 9.96. The molecular weight excluding hydrogens is 398 g/mol. The highest BCUT2D eigenvalue weighted by Gasteiger charge is 2.42. The number of aromatic amines is 1. The number of hydrogen-bond donors (Lipinski definition) is 3. The van der Waals surface area contributed by atoms with Gasteiger partial charge in [0.15, 0.2) is 11.5 Å². The Morgan fingerprint density at radius 3 is 2.61 bits per heavy atom. The SMILES string of the molecule is COC(=O)c1ccc(N2[C@@H]3CC[C@H]2C[C@H](Nc2c(C(N)=O)cnc4[nH]ccc24)C3)nn1. The molecule has 31 heavy (non-hydrogen) atoms. The van der Waals surface area contributed by atoms with Crippen LogP contribution in [0.25, 0.3) is 11.0 Å². The summed E-state index contributed by atoms with van der Waals surface area (Å²) in [6.45, 7) is 0. The molecule has 1 amide bonds. The molecule has 0 spiro atoms. The van der Waals surface area contributed by atoms with E-state index in [1.807, 2.05) is 12.1 Å². The molecule has 5 heterocycles. The van der Waals surface area contributed by atoms with Crippen molar-refractivity contribution in [1.82, 2.24) is 20.2 Å². The zero-order chi connectivity index (χ0) is 21.5. The fourth-order valence-electron chi connectivity index (χ4n) is 4.90. The molecule has 2 aliphatic rings. The van der Waals surface area contributed by atoms with E-state index >= 15 is 0 Å². The fraction of sp³-hybridized carbons (Fsp3) is 0.381. The van der Waals surface area contributed by atoms with E-state index in [1.54, 1.807) is 12.3 Å². The number of nitrogens with one attached hydrogen (secondary N) is 2. The van der Waals surface area contributed by atoms with E-state index in [0.29, 0.717) is 23.3 Å². The fourth-order valence-corrected chi connectivity index (χ4v) is 4.90. The van der Waals surface area contributed by atoms with Gasteiger partial charge in [0.1, 0.15) is 5.65 Å². The summed E-state index contributed by atoms with van der Waals surface area (Å²) in [5.41, 5.74) is 7.65. The number of nitrogens with zero attached hydrogens (tertiary/aromatic N) is 4. The van der Waals surface area contributed by atoms with Gasteiger partial charge in [0.25, 0.3) is 5.91 Å². The third kappa shape index (κ3) is 3.33. The molecule has 3 atom stereocenters. The van der Waals surface area contributed by atoms with Crippen molar-refractivity contribution in [1.29, 1.82) is 0 Å². The van der Waals surface area contributed by atoms with Crippen LogP contribution in [0.3, 0.4) is 0 Å². The quantitative estimate of drug-likeness (QED) is 0.531. The van der Waals surface area contributed by atoms with Crippen molar-refractivity contribution in [2.75, 3.05) is 17.3 Å². The van der Waals surface area contributed by atoms with Crippen LogP contribution in [0.4, 0.5) is 11.5 Å². The lowest BCUT2D eigenvalue weighted by molar-refractivity contribution is 0.0592. The molecule has 2 aliphatic heterocycles. The highest BCUT2D eigenvalue weighted by Crippen LogP contribution is 2.40. The first kappa shape index (κ1) is 19.3. The molecule has 0 unspecified atom stereocenters. The van der Waals surface area contributed by atoms with E-state index < -0.39 is 11.9 Å². The number of carbonyl (C=O) groups excluding carboxylic acids is 2. The van der Waals surface area contributed by atoms with Crippen LogP contribution >= 0.6 is 0 Å².